The number of halogens is 1. The van der Waals surface area contributed by atoms with E-state index in [4.69, 9.17) is 15.2 Å². The molecule has 7 nitrogen and oxygen atoms in total. The van der Waals surface area contributed by atoms with Crippen LogP contribution in [0.2, 0.25) is 0 Å². The van der Waals surface area contributed by atoms with E-state index in [1.54, 1.807) is 18.4 Å². The zero-order valence-electron chi connectivity index (χ0n) is 17.3. The lowest BCUT2D eigenvalue weighted by atomic mass is 10.2. The van der Waals surface area contributed by atoms with Crippen molar-refractivity contribution in [1.29, 1.82) is 0 Å². The molecule has 1 aliphatic heterocycles. The van der Waals surface area contributed by atoms with Crippen LogP contribution >= 0.6 is 35.3 Å². The van der Waals surface area contributed by atoms with Crippen molar-refractivity contribution < 1.29 is 9.47 Å². The van der Waals surface area contributed by atoms with E-state index in [1.165, 1.54) is 12.8 Å². The van der Waals surface area contributed by atoms with Gasteiger partial charge in [0.05, 0.1) is 19.8 Å². The van der Waals surface area contributed by atoms with Crippen LogP contribution in [0.4, 0.5) is 5.13 Å². The van der Waals surface area contributed by atoms with Crippen molar-refractivity contribution in [2.75, 3.05) is 38.2 Å². The summed E-state index contributed by atoms with van der Waals surface area (Å²) >= 11 is 1.67. The minimum absolute atomic E-state index is 0. The molecular formula is C21H30IN5O2S. The monoisotopic (exact) mass is 543 g/mol. The van der Waals surface area contributed by atoms with Gasteiger partial charge in [0.15, 0.2) is 11.1 Å². The Balaban J connectivity index is 0.00000256. The minimum Gasteiger partial charge on any atom is -0.497 e. The molecule has 1 aliphatic carbocycles. The number of thiazole rings is 1. The van der Waals surface area contributed by atoms with Gasteiger partial charge in [0, 0.05) is 49.4 Å². The first kappa shape index (κ1) is 22.9. The van der Waals surface area contributed by atoms with Crippen molar-refractivity contribution >= 4 is 46.4 Å². The van der Waals surface area contributed by atoms with E-state index in [-0.39, 0.29) is 24.0 Å². The van der Waals surface area contributed by atoms with Gasteiger partial charge in [-0.3, -0.25) is 0 Å². The number of rotatable bonds is 6. The molecule has 2 fully saturated rings. The van der Waals surface area contributed by atoms with Gasteiger partial charge >= 0.3 is 0 Å². The van der Waals surface area contributed by atoms with E-state index >= 15 is 0 Å². The number of benzene rings is 1. The largest absolute Gasteiger partial charge is 0.497 e. The van der Waals surface area contributed by atoms with Crippen molar-refractivity contribution in [3.8, 4) is 11.5 Å². The molecule has 0 spiro atoms. The van der Waals surface area contributed by atoms with Crippen LogP contribution in [0.25, 0.3) is 0 Å². The van der Waals surface area contributed by atoms with Gasteiger partial charge in [0.1, 0.15) is 11.5 Å². The van der Waals surface area contributed by atoms with Crippen molar-refractivity contribution in [1.82, 2.24) is 9.88 Å². The highest BCUT2D eigenvalue weighted by Crippen LogP contribution is 2.30. The Morgan fingerprint density at radius 3 is 2.67 bits per heavy atom. The maximum absolute atomic E-state index is 6.31. The summed E-state index contributed by atoms with van der Waals surface area (Å²) in [5.74, 6) is 2.25. The summed E-state index contributed by atoms with van der Waals surface area (Å²) in [6.07, 6.45) is 6.85. The zero-order valence-corrected chi connectivity index (χ0v) is 20.5. The SMILES string of the molecule is COc1ccc(CN=C(N)N2CCN(c3nccs3)CC2)c(OC2CCCC2)c1.I. The summed E-state index contributed by atoms with van der Waals surface area (Å²) in [4.78, 5) is 13.5. The topological polar surface area (TPSA) is 76.2 Å². The minimum atomic E-state index is 0. The number of hydrogen-bond acceptors (Lipinski definition) is 6. The summed E-state index contributed by atoms with van der Waals surface area (Å²) in [6, 6.07) is 5.95. The average molecular weight is 543 g/mol. The van der Waals surface area contributed by atoms with E-state index in [1.807, 2.05) is 29.8 Å². The van der Waals surface area contributed by atoms with E-state index in [2.05, 4.69) is 19.8 Å². The van der Waals surface area contributed by atoms with Crippen molar-refractivity contribution in [2.24, 2.45) is 10.7 Å². The predicted octanol–water partition coefficient (Wildman–Crippen LogP) is 3.73. The molecule has 30 heavy (non-hydrogen) atoms. The standard InChI is InChI=1S/C21H29N5O2S.HI/c1-27-18-7-6-16(19(14-18)28-17-4-2-3-5-17)15-24-20(22)25-9-11-26(12-10-25)21-23-8-13-29-21;/h6-8,13-14,17H,2-5,9-12,15H2,1H3,(H2,22,24);1H. The number of nitrogens with two attached hydrogens (primary N) is 1. The highest BCUT2D eigenvalue weighted by molar-refractivity contribution is 14.0. The normalized spacial score (nSPS) is 17.7. The van der Waals surface area contributed by atoms with Gasteiger partial charge in [-0.1, -0.05) is 0 Å². The van der Waals surface area contributed by atoms with Crippen LogP contribution in [0.5, 0.6) is 11.5 Å². The predicted molar refractivity (Wildman–Crippen MR) is 133 cm³/mol. The zero-order chi connectivity index (χ0) is 20.1. The third kappa shape index (κ3) is 5.69. The van der Waals surface area contributed by atoms with E-state index in [0.29, 0.717) is 18.6 Å². The number of aromatic nitrogens is 1. The number of aliphatic imine (C=N–C) groups is 1. The van der Waals surface area contributed by atoms with Gasteiger partial charge in [0.2, 0.25) is 0 Å². The second-order valence-electron chi connectivity index (χ2n) is 7.46. The molecule has 0 amide bonds. The van der Waals surface area contributed by atoms with Crippen molar-refractivity contribution in [3.05, 3.63) is 35.3 Å². The quantitative estimate of drug-likeness (QED) is 0.340. The van der Waals surface area contributed by atoms with E-state index in [9.17, 15) is 0 Å². The highest BCUT2D eigenvalue weighted by Gasteiger charge is 2.21. The number of ether oxygens (including phenoxy) is 2. The molecule has 1 saturated carbocycles. The summed E-state index contributed by atoms with van der Waals surface area (Å²) in [7, 11) is 1.68. The molecule has 4 rings (SSSR count). The number of anilines is 1. The number of piperazine rings is 1. The van der Waals surface area contributed by atoms with Gasteiger partial charge < -0.3 is 25.0 Å². The molecule has 1 aromatic heterocycles. The maximum atomic E-state index is 6.31. The van der Waals surface area contributed by atoms with E-state index < -0.39 is 0 Å². The summed E-state index contributed by atoms with van der Waals surface area (Å²) in [5.41, 5.74) is 7.35. The average Bonchev–Trinajstić information content (AvgIpc) is 3.47. The fraction of sp³-hybridized carbons (Fsp3) is 0.524. The molecule has 0 radical (unpaired) electrons. The Morgan fingerprint density at radius 1 is 1.23 bits per heavy atom. The van der Waals surface area contributed by atoms with Gasteiger partial charge in [-0.15, -0.1) is 35.3 Å². The molecule has 9 heteroatoms. The first-order valence-electron chi connectivity index (χ1n) is 10.3. The van der Waals surface area contributed by atoms with Gasteiger partial charge in [0.25, 0.3) is 0 Å². The number of methoxy groups -OCH3 is 1. The third-order valence-electron chi connectivity index (χ3n) is 5.58. The van der Waals surface area contributed by atoms with Gasteiger partial charge in [-0.25, -0.2) is 9.98 Å². The molecule has 0 unspecified atom stereocenters. The second kappa shape index (κ2) is 11.0. The second-order valence-corrected chi connectivity index (χ2v) is 8.33. The Kier molecular flexibility index (Phi) is 8.43. The van der Waals surface area contributed by atoms with Crippen LogP contribution in [-0.2, 0) is 6.54 Å². The van der Waals surface area contributed by atoms with Gasteiger partial charge in [-0.05, 0) is 37.8 Å². The summed E-state index contributed by atoms with van der Waals surface area (Å²) < 4.78 is 11.6. The Morgan fingerprint density at radius 2 is 2.00 bits per heavy atom. The molecule has 2 N–H and O–H groups in total. The van der Waals surface area contributed by atoms with Crippen molar-refractivity contribution in [3.63, 3.8) is 0 Å². The molecule has 1 aromatic carbocycles. The molecular weight excluding hydrogens is 513 g/mol. The number of guanidine groups is 1. The molecule has 164 valence electrons. The van der Waals surface area contributed by atoms with Crippen LogP contribution in [0, 0.1) is 0 Å². The highest BCUT2D eigenvalue weighted by atomic mass is 127. The van der Waals surface area contributed by atoms with E-state index in [0.717, 1.165) is 61.2 Å². The number of nitrogens with zero attached hydrogens (tertiary/aromatic N) is 4. The molecule has 2 aromatic rings. The molecule has 2 heterocycles. The van der Waals surface area contributed by atoms with Crippen LogP contribution in [0.3, 0.4) is 0 Å². The maximum Gasteiger partial charge on any atom is 0.191 e. The van der Waals surface area contributed by atoms with Crippen LogP contribution in [0.1, 0.15) is 31.2 Å². The van der Waals surface area contributed by atoms with Crippen LogP contribution in [0.15, 0.2) is 34.8 Å². The van der Waals surface area contributed by atoms with Crippen LogP contribution < -0.4 is 20.1 Å². The summed E-state index contributed by atoms with van der Waals surface area (Å²) in [5, 5.41) is 3.09. The lowest BCUT2D eigenvalue weighted by molar-refractivity contribution is 0.207. The molecule has 2 aliphatic rings. The molecule has 0 atom stereocenters. The Bertz CT molecular complexity index is 819. The Hall–Kier alpha value is -1.75. The first-order chi connectivity index (χ1) is 14.2. The van der Waals surface area contributed by atoms with Gasteiger partial charge in [-0.2, -0.15) is 0 Å². The fourth-order valence-electron chi connectivity index (χ4n) is 3.85. The fourth-order valence-corrected chi connectivity index (χ4v) is 4.55. The van der Waals surface area contributed by atoms with Crippen LogP contribution in [-0.4, -0.2) is 55.2 Å². The first-order valence-corrected chi connectivity index (χ1v) is 11.1. The lowest BCUT2D eigenvalue weighted by Crippen LogP contribution is -2.51. The Labute approximate surface area is 199 Å². The molecule has 0 bridgehead atoms. The smallest absolute Gasteiger partial charge is 0.191 e. The lowest BCUT2D eigenvalue weighted by Gasteiger charge is -2.35. The number of hydrogen-bond donors (Lipinski definition) is 1. The summed E-state index contributed by atoms with van der Waals surface area (Å²) in [6.45, 7) is 4.01. The molecule has 1 saturated heterocycles. The van der Waals surface area contributed by atoms with Crippen molar-refractivity contribution in [2.45, 2.75) is 38.3 Å². The third-order valence-corrected chi connectivity index (χ3v) is 6.41.